The summed E-state index contributed by atoms with van der Waals surface area (Å²) in [6, 6.07) is -0.926. The number of carboxylic acids is 1. The van der Waals surface area contributed by atoms with E-state index < -0.39 is 17.9 Å². The predicted octanol–water partition coefficient (Wildman–Crippen LogP) is 0.723. The van der Waals surface area contributed by atoms with Crippen LogP contribution in [0.25, 0.3) is 0 Å². The van der Waals surface area contributed by atoms with Crippen LogP contribution in [0, 0.1) is 0 Å². The first-order valence-electron chi connectivity index (χ1n) is 4.55. The van der Waals surface area contributed by atoms with Gasteiger partial charge < -0.3 is 10.4 Å². The van der Waals surface area contributed by atoms with Crippen LogP contribution in [0.1, 0.15) is 23.8 Å². The molecule has 1 aromatic rings. The van der Waals surface area contributed by atoms with Gasteiger partial charge in [-0.25, -0.2) is 14.8 Å². The second-order valence-electron chi connectivity index (χ2n) is 3.00. The molecule has 16 heavy (non-hydrogen) atoms. The molecular weight excluding hydrogens is 234 g/mol. The molecule has 86 valence electrons. The Morgan fingerprint density at radius 1 is 1.50 bits per heavy atom. The van der Waals surface area contributed by atoms with Gasteiger partial charge in [0, 0.05) is 0 Å². The molecule has 0 saturated heterocycles. The maximum Gasteiger partial charge on any atom is 0.326 e. The van der Waals surface area contributed by atoms with Crippen molar-refractivity contribution < 1.29 is 14.7 Å². The molecule has 1 rings (SSSR count). The van der Waals surface area contributed by atoms with Crippen LogP contribution in [0.4, 0.5) is 0 Å². The summed E-state index contributed by atoms with van der Waals surface area (Å²) in [6.45, 7) is 1.66. The highest BCUT2D eigenvalue weighted by Crippen LogP contribution is 2.02. The van der Waals surface area contributed by atoms with Gasteiger partial charge >= 0.3 is 5.97 Å². The summed E-state index contributed by atoms with van der Waals surface area (Å²) in [7, 11) is 0. The normalized spacial score (nSPS) is 11.9. The highest BCUT2D eigenvalue weighted by Gasteiger charge is 2.19. The molecule has 6 nitrogen and oxygen atoms in total. The van der Waals surface area contributed by atoms with Crippen molar-refractivity contribution in [2.24, 2.45) is 0 Å². The van der Waals surface area contributed by atoms with Gasteiger partial charge in [-0.2, -0.15) is 0 Å². The van der Waals surface area contributed by atoms with Gasteiger partial charge in [0.1, 0.15) is 16.9 Å². The molecule has 1 heterocycles. The monoisotopic (exact) mass is 243 g/mol. The molecule has 2 N–H and O–H groups in total. The number of aromatic nitrogens is 2. The number of carbonyl (C=O) groups is 2. The average Bonchev–Trinajstić information content (AvgIpc) is 2.26. The van der Waals surface area contributed by atoms with E-state index in [1.54, 1.807) is 6.92 Å². The van der Waals surface area contributed by atoms with Crippen molar-refractivity contribution in [3.63, 3.8) is 0 Å². The summed E-state index contributed by atoms with van der Waals surface area (Å²) in [5.74, 6) is -1.67. The minimum absolute atomic E-state index is 0.0316. The van der Waals surface area contributed by atoms with Crippen LogP contribution in [0.2, 0.25) is 5.15 Å². The molecule has 0 radical (unpaired) electrons. The zero-order valence-electron chi connectivity index (χ0n) is 8.48. The Bertz CT molecular complexity index is 393. The van der Waals surface area contributed by atoms with Crippen molar-refractivity contribution in [1.29, 1.82) is 0 Å². The van der Waals surface area contributed by atoms with E-state index >= 15 is 0 Å². The molecule has 0 spiro atoms. The van der Waals surface area contributed by atoms with E-state index in [1.165, 1.54) is 12.4 Å². The van der Waals surface area contributed by atoms with Crippen molar-refractivity contribution >= 4 is 23.5 Å². The molecular formula is C9H10ClN3O3. The minimum Gasteiger partial charge on any atom is -0.480 e. The molecule has 0 aliphatic rings. The summed E-state index contributed by atoms with van der Waals surface area (Å²) < 4.78 is 0. The van der Waals surface area contributed by atoms with Crippen LogP contribution in [0.15, 0.2) is 12.4 Å². The Hall–Kier alpha value is -1.69. The molecule has 1 amide bonds. The average molecular weight is 244 g/mol. The van der Waals surface area contributed by atoms with Crippen molar-refractivity contribution in [2.45, 2.75) is 19.4 Å². The Kier molecular flexibility index (Phi) is 4.19. The topological polar surface area (TPSA) is 92.2 Å². The second kappa shape index (κ2) is 5.41. The summed E-state index contributed by atoms with van der Waals surface area (Å²) in [5.41, 5.74) is 0.0316. The fourth-order valence-electron chi connectivity index (χ4n) is 1.00. The van der Waals surface area contributed by atoms with Crippen molar-refractivity contribution in [1.82, 2.24) is 15.3 Å². The van der Waals surface area contributed by atoms with Crippen LogP contribution in [-0.2, 0) is 4.79 Å². The number of aliphatic carboxylic acids is 1. The van der Waals surface area contributed by atoms with E-state index in [4.69, 9.17) is 16.7 Å². The zero-order chi connectivity index (χ0) is 12.1. The number of hydrogen-bond acceptors (Lipinski definition) is 4. The quantitative estimate of drug-likeness (QED) is 0.813. The third-order valence-electron chi connectivity index (χ3n) is 1.86. The Labute approximate surface area is 96.7 Å². The van der Waals surface area contributed by atoms with E-state index in [9.17, 15) is 9.59 Å². The molecule has 1 atom stereocenters. The van der Waals surface area contributed by atoms with Gasteiger partial charge in [0.25, 0.3) is 5.91 Å². The number of halogens is 1. The first-order chi connectivity index (χ1) is 7.54. The maximum atomic E-state index is 11.5. The fraction of sp³-hybridized carbons (Fsp3) is 0.333. The van der Waals surface area contributed by atoms with Crippen molar-refractivity contribution in [2.75, 3.05) is 0 Å². The van der Waals surface area contributed by atoms with Crippen molar-refractivity contribution in [3.8, 4) is 0 Å². The van der Waals surface area contributed by atoms with Gasteiger partial charge in [-0.05, 0) is 6.42 Å². The Morgan fingerprint density at radius 2 is 2.19 bits per heavy atom. The number of rotatable bonds is 4. The minimum atomic E-state index is -1.09. The smallest absolute Gasteiger partial charge is 0.326 e. The molecule has 0 bridgehead atoms. The lowest BCUT2D eigenvalue weighted by Crippen LogP contribution is -2.40. The lowest BCUT2D eigenvalue weighted by Gasteiger charge is -2.11. The number of carbonyl (C=O) groups excluding carboxylic acids is 1. The SMILES string of the molecule is CC[C@@H](NC(=O)c1cnc(Cl)cn1)C(=O)O. The van der Waals surface area contributed by atoms with Crippen LogP contribution >= 0.6 is 11.6 Å². The number of nitrogens with one attached hydrogen (secondary N) is 1. The van der Waals surface area contributed by atoms with Gasteiger partial charge in [-0.15, -0.1) is 0 Å². The van der Waals surface area contributed by atoms with Crippen LogP contribution < -0.4 is 5.32 Å². The highest BCUT2D eigenvalue weighted by atomic mass is 35.5. The largest absolute Gasteiger partial charge is 0.480 e. The first kappa shape index (κ1) is 12.4. The third-order valence-corrected chi connectivity index (χ3v) is 2.06. The van der Waals surface area contributed by atoms with Crippen LogP contribution in [-0.4, -0.2) is 33.0 Å². The van der Waals surface area contributed by atoms with Crippen molar-refractivity contribution in [3.05, 3.63) is 23.2 Å². The molecule has 0 unspecified atom stereocenters. The molecule has 0 fully saturated rings. The highest BCUT2D eigenvalue weighted by molar-refractivity contribution is 6.29. The van der Waals surface area contributed by atoms with E-state index in [0.717, 1.165) is 0 Å². The van der Waals surface area contributed by atoms with Gasteiger partial charge in [0.05, 0.1) is 12.4 Å². The number of nitrogens with zero attached hydrogens (tertiary/aromatic N) is 2. The molecule has 0 aliphatic heterocycles. The third kappa shape index (κ3) is 3.16. The predicted molar refractivity (Wildman–Crippen MR) is 56.2 cm³/mol. The summed E-state index contributed by atoms with van der Waals surface area (Å²) in [5, 5.41) is 11.2. The Morgan fingerprint density at radius 3 is 2.62 bits per heavy atom. The number of amides is 1. The second-order valence-corrected chi connectivity index (χ2v) is 3.38. The standard InChI is InChI=1S/C9H10ClN3O3/c1-2-5(9(15)16)13-8(14)6-3-12-7(10)4-11-6/h3-5H,2H2,1H3,(H,13,14)(H,15,16)/t5-/m1/s1. The summed E-state index contributed by atoms with van der Waals surface area (Å²) in [4.78, 5) is 29.6. The molecule has 0 saturated carbocycles. The van der Waals surface area contributed by atoms with Crippen LogP contribution in [0.3, 0.4) is 0 Å². The lowest BCUT2D eigenvalue weighted by atomic mass is 10.2. The van der Waals surface area contributed by atoms with Gasteiger partial charge in [0.2, 0.25) is 0 Å². The number of carboxylic acid groups (broad SMARTS) is 1. The Balaban J connectivity index is 2.71. The molecule has 0 aromatic carbocycles. The molecule has 7 heteroatoms. The molecule has 1 aromatic heterocycles. The van der Waals surface area contributed by atoms with Gasteiger partial charge in [-0.1, -0.05) is 18.5 Å². The summed E-state index contributed by atoms with van der Waals surface area (Å²) in [6.07, 6.45) is 2.70. The van der Waals surface area contributed by atoms with E-state index in [0.29, 0.717) is 6.42 Å². The van der Waals surface area contributed by atoms with Gasteiger partial charge in [-0.3, -0.25) is 4.79 Å². The lowest BCUT2D eigenvalue weighted by molar-refractivity contribution is -0.139. The van der Waals surface area contributed by atoms with E-state index in [-0.39, 0.29) is 10.8 Å². The summed E-state index contributed by atoms with van der Waals surface area (Å²) >= 11 is 5.50. The molecule has 0 aliphatic carbocycles. The first-order valence-corrected chi connectivity index (χ1v) is 4.93. The van der Waals surface area contributed by atoms with Crippen LogP contribution in [0.5, 0.6) is 0 Å². The van der Waals surface area contributed by atoms with E-state index in [2.05, 4.69) is 15.3 Å². The zero-order valence-corrected chi connectivity index (χ0v) is 9.23. The maximum absolute atomic E-state index is 11.5. The van der Waals surface area contributed by atoms with Gasteiger partial charge in [0.15, 0.2) is 0 Å². The number of hydrogen-bond donors (Lipinski definition) is 2. The fourth-order valence-corrected chi connectivity index (χ4v) is 1.10. The van der Waals surface area contributed by atoms with E-state index in [1.807, 2.05) is 0 Å².